The van der Waals surface area contributed by atoms with E-state index in [2.05, 4.69) is 42.2 Å². The fourth-order valence-electron chi connectivity index (χ4n) is 1.15. The van der Waals surface area contributed by atoms with Gasteiger partial charge in [-0.3, -0.25) is 5.09 Å². The van der Waals surface area contributed by atoms with Crippen LogP contribution in [0, 0.1) is 11.8 Å². The molecule has 0 amide bonds. The van der Waals surface area contributed by atoms with Gasteiger partial charge in [0, 0.05) is 6.04 Å². The number of rotatable bonds is 3. The summed E-state index contributed by atoms with van der Waals surface area (Å²) in [4.78, 5) is 0. The largest absolute Gasteiger partial charge is 0.297 e. The lowest BCUT2D eigenvalue weighted by Gasteiger charge is -2.23. The van der Waals surface area contributed by atoms with Crippen molar-refractivity contribution >= 4 is 9.39 Å². The highest BCUT2D eigenvalue weighted by atomic mass is 31.0. The predicted octanol–water partition coefficient (Wildman–Crippen LogP) is 2.05. The highest BCUT2D eigenvalue weighted by Crippen LogP contribution is 2.12. The van der Waals surface area contributed by atoms with Gasteiger partial charge in [-0.25, -0.2) is 0 Å². The van der Waals surface area contributed by atoms with Crippen LogP contribution in [0.2, 0.25) is 0 Å². The molecule has 0 radical (unpaired) electrons. The average Bonchev–Trinajstić information content (AvgIpc) is 1.64. The molecule has 0 bridgehead atoms. The molecule has 0 spiro atoms. The van der Waals surface area contributed by atoms with Gasteiger partial charge >= 0.3 is 0 Å². The summed E-state index contributed by atoms with van der Waals surface area (Å²) >= 11 is 0. The smallest absolute Gasteiger partial charge is 0.0145 e. The number of hydrogen-bond acceptors (Lipinski definition) is 1. The van der Waals surface area contributed by atoms with E-state index in [1.807, 2.05) is 0 Å². The summed E-state index contributed by atoms with van der Waals surface area (Å²) in [6.45, 7) is 8.95. The Labute approximate surface area is 60.9 Å². The SMILES string of the molecule is CC(C)C(NP)C(C)C. The second-order valence-corrected chi connectivity index (χ2v) is 3.51. The van der Waals surface area contributed by atoms with Gasteiger partial charge in [0.1, 0.15) is 0 Å². The lowest BCUT2D eigenvalue weighted by molar-refractivity contribution is 0.365. The van der Waals surface area contributed by atoms with Gasteiger partial charge in [0.25, 0.3) is 0 Å². The first kappa shape index (κ1) is 9.39. The maximum Gasteiger partial charge on any atom is 0.0145 e. The van der Waals surface area contributed by atoms with E-state index >= 15 is 0 Å². The predicted molar refractivity (Wildman–Crippen MR) is 46.3 cm³/mol. The summed E-state index contributed by atoms with van der Waals surface area (Å²) < 4.78 is 0. The van der Waals surface area contributed by atoms with Crippen molar-refractivity contribution in [2.24, 2.45) is 11.8 Å². The zero-order valence-corrected chi connectivity index (χ0v) is 7.96. The molecule has 1 N–H and O–H groups in total. The molecule has 0 aromatic rings. The lowest BCUT2D eigenvalue weighted by atomic mass is 9.94. The van der Waals surface area contributed by atoms with Crippen LogP contribution in [0.5, 0.6) is 0 Å². The van der Waals surface area contributed by atoms with Gasteiger partial charge in [0.15, 0.2) is 0 Å². The van der Waals surface area contributed by atoms with Gasteiger partial charge in [0.2, 0.25) is 0 Å². The Morgan fingerprint density at radius 2 is 1.33 bits per heavy atom. The molecule has 0 saturated heterocycles. The molecule has 0 aliphatic rings. The molecular weight excluding hydrogens is 129 g/mol. The molecule has 0 aromatic carbocycles. The van der Waals surface area contributed by atoms with Gasteiger partial charge in [-0.2, -0.15) is 0 Å². The van der Waals surface area contributed by atoms with Crippen LogP contribution in [0.15, 0.2) is 0 Å². The van der Waals surface area contributed by atoms with Crippen LogP contribution in [-0.4, -0.2) is 6.04 Å². The maximum atomic E-state index is 3.22. The molecule has 0 aromatic heterocycles. The fourth-order valence-corrected chi connectivity index (χ4v) is 1.92. The van der Waals surface area contributed by atoms with Crippen molar-refractivity contribution in [2.45, 2.75) is 33.7 Å². The second kappa shape index (κ2) is 4.24. The third-order valence-corrected chi connectivity index (χ3v) is 2.01. The highest BCUT2D eigenvalue weighted by molar-refractivity contribution is 7.13. The monoisotopic (exact) mass is 147 g/mol. The van der Waals surface area contributed by atoms with Gasteiger partial charge in [0.05, 0.1) is 0 Å². The Morgan fingerprint density at radius 3 is 1.33 bits per heavy atom. The molecule has 0 fully saturated rings. The summed E-state index contributed by atoms with van der Waals surface area (Å²) in [5.41, 5.74) is 0. The summed E-state index contributed by atoms with van der Waals surface area (Å²) in [6.07, 6.45) is 0. The van der Waals surface area contributed by atoms with E-state index in [1.54, 1.807) is 0 Å². The third-order valence-electron chi connectivity index (χ3n) is 1.63. The van der Waals surface area contributed by atoms with Crippen LogP contribution in [0.3, 0.4) is 0 Å². The van der Waals surface area contributed by atoms with E-state index in [9.17, 15) is 0 Å². The summed E-state index contributed by atoms with van der Waals surface area (Å²) in [5, 5.41) is 3.22. The standard InChI is InChI=1S/C7H18NP/c1-5(2)7(8-9)6(3)4/h5-8H,9H2,1-4H3. The van der Waals surface area contributed by atoms with E-state index in [-0.39, 0.29) is 0 Å². The zero-order chi connectivity index (χ0) is 7.44. The molecule has 0 heterocycles. The first-order chi connectivity index (χ1) is 4.09. The van der Waals surface area contributed by atoms with Gasteiger partial charge < -0.3 is 0 Å². The van der Waals surface area contributed by atoms with E-state index in [4.69, 9.17) is 0 Å². The molecule has 2 heteroatoms. The third kappa shape index (κ3) is 3.17. The Morgan fingerprint density at radius 1 is 1.00 bits per heavy atom. The summed E-state index contributed by atoms with van der Waals surface area (Å²) in [7, 11) is 2.58. The first-order valence-electron chi connectivity index (χ1n) is 3.55. The summed E-state index contributed by atoms with van der Waals surface area (Å²) in [5.74, 6) is 1.45. The minimum atomic E-state index is 0.634. The molecule has 56 valence electrons. The lowest BCUT2D eigenvalue weighted by Crippen LogP contribution is -2.31. The summed E-state index contributed by atoms with van der Waals surface area (Å²) in [6, 6.07) is 0.634. The van der Waals surface area contributed by atoms with Crippen molar-refractivity contribution in [3.05, 3.63) is 0 Å². The molecular formula is C7H18NP. The quantitative estimate of drug-likeness (QED) is 0.602. The first-order valence-corrected chi connectivity index (χ1v) is 4.13. The zero-order valence-electron chi connectivity index (χ0n) is 6.81. The van der Waals surface area contributed by atoms with E-state index < -0.39 is 0 Å². The van der Waals surface area contributed by atoms with E-state index in [1.165, 1.54) is 0 Å². The van der Waals surface area contributed by atoms with Crippen LogP contribution in [-0.2, 0) is 0 Å². The van der Waals surface area contributed by atoms with Crippen LogP contribution in [0.25, 0.3) is 0 Å². The van der Waals surface area contributed by atoms with Crippen LogP contribution < -0.4 is 5.09 Å². The van der Waals surface area contributed by atoms with Crippen molar-refractivity contribution in [1.29, 1.82) is 0 Å². The molecule has 0 aliphatic heterocycles. The normalized spacial score (nSPS) is 12.0. The Balaban J connectivity index is 3.68. The van der Waals surface area contributed by atoms with Crippen molar-refractivity contribution in [1.82, 2.24) is 5.09 Å². The molecule has 0 aliphatic carbocycles. The van der Waals surface area contributed by atoms with Crippen LogP contribution in [0.4, 0.5) is 0 Å². The van der Waals surface area contributed by atoms with Crippen molar-refractivity contribution < 1.29 is 0 Å². The molecule has 1 atom stereocenters. The van der Waals surface area contributed by atoms with Crippen LogP contribution >= 0.6 is 9.39 Å². The Hall–Kier alpha value is 0.390. The van der Waals surface area contributed by atoms with Gasteiger partial charge in [-0.15, -0.1) is 0 Å². The number of nitrogens with one attached hydrogen (secondary N) is 1. The fraction of sp³-hybridized carbons (Fsp3) is 1.00. The van der Waals surface area contributed by atoms with Crippen molar-refractivity contribution in [3.63, 3.8) is 0 Å². The molecule has 0 saturated carbocycles. The van der Waals surface area contributed by atoms with Crippen LogP contribution in [0.1, 0.15) is 27.7 Å². The Bertz CT molecular complexity index is 63.3. The van der Waals surface area contributed by atoms with Gasteiger partial charge in [-0.1, -0.05) is 37.1 Å². The van der Waals surface area contributed by atoms with E-state index in [0.29, 0.717) is 6.04 Å². The average molecular weight is 147 g/mol. The Kier molecular flexibility index (Phi) is 4.43. The second-order valence-electron chi connectivity index (χ2n) is 3.18. The van der Waals surface area contributed by atoms with Crippen molar-refractivity contribution in [2.75, 3.05) is 0 Å². The number of hydrogen-bond donors (Lipinski definition) is 1. The molecule has 1 unspecified atom stereocenters. The van der Waals surface area contributed by atoms with E-state index in [0.717, 1.165) is 11.8 Å². The topological polar surface area (TPSA) is 12.0 Å². The molecule has 1 nitrogen and oxygen atoms in total. The molecule has 0 rings (SSSR count). The van der Waals surface area contributed by atoms with Crippen molar-refractivity contribution in [3.8, 4) is 0 Å². The highest BCUT2D eigenvalue weighted by Gasteiger charge is 2.13. The molecule has 9 heavy (non-hydrogen) atoms. The minimum Gasteiger partial charge on any atom is -0.297 e. The minimum absolute atomic E-state index is 0.634. The maximum absolute atomic E-state index is 3.22. The van der Waals surface area contributed by atoms with Gasteiger partial charge in [-0.05, 0) is 11.8 Å².